The van der Waals surface area contributed by atoms with Gasteiger partial charge in [0.1, 0.15) is 17.8 Å². The van der Waals surface area contributed by atoms with E-state index in [0.29, 0.717) is 12.2 Å². The van der Waals surface area contributed by atoms with Crippen LogP contribution in [-0.4, -0.2) is 73.4 Å². The molecule has 3 N–H and O–H groups in total. The maximum absolute atomic E-state index is 12.4. The minimum atomic E-state index is -3.50. The predicted molar refractivity (Wildman–Crippen MR) is 118 cm³/mol. The Morgan fingerprint density at radius 3 is 2.55 bits per heavy atom. The lowest BCUT2D eigenvalue weighted by atomic mass is 10.2. The van der Waals surface area contributed by atoms with Gasteiger partial charge in [0.25, 0.3) is 0 Å². The summed E-state index contributed by atoms with van der Waals surface area (Å²) in [4.78, 5) is 28.7. The molecule has 0 radical (unpaired) electrons. The lowest BCUT2D eigenvalue weighted by Crippen LogP contribution is -2.49. The maximum atomic E-state index is 12.4. The number of aromatic nitrogens is 3. The van der Waals surface area contributed by atoms with Gasteiger partial charge < -0.3 is 15.2 Å². The zero-order chi connectivity index (χ0) is 21.8. The van der Waals surface area contributed by atoms with Gasteiger partial charge in [-0.25, -0.2) is 23.1 Å². The Hall–Kier alpha value is -3.02. The average molecular weight is 444 g/mol. The van der Waals surface area contributed by atoms with Crippen molar-refractivity contribution in [2.24, 2.45) is 0 Å². The van der Waals surface area contributed by atoms with Crippen LogP contribution in [0.5, 0.6) is 0 Å². The van der Waals surface area contributed by atoms with E-state index in [2.05, 4.69) is 34.8 Å². The van der Waals surface area contributed by atoms with Crippen molar-refractivity contribution in [3.8, 4) is 0 Å². The van der Waals surface area contributed by atoms with E-state index in [1.54, 1.807) is 25.4 Å². The molecule has 0 saturated carbocycles. The Morgan fingerprint density at radius 1 is 1.10 bits per heavy atom. The summed E-state index contributed by atoms with van der Waals surface area (Å²) in [7, 11) is -3.50. The highest BCUT2D eigenvalue weighted by molar-refractivity contribution is 7.89. The van der Waals surface area contributed by atoms with Gasteiger partial charge in [0.05, 0.1) is 16.8 Å². The molecule has 3 heterocycles. The quantitative estimate of drug-likeness (QED) is 0.498. The molecule has 0 bridgehead atoms. The lowest BCUT2D eigenvalue weighted by Gasteiger charge is -2.35. The number of piperazine rings is 1. The van der Waals surface area contributed by atoms with Crippen molar-refractivity contribution in [1.29, 1.82) is 0 Å². The van der Waals surface area contributed by atoms with Crippen LogP contribution in [0.2, 0.25) is 0 Å². The fourth-order valence-electron chi connectivity index (χ4n) is 3.62. The molecule has 0 atom stereocenters. The number of carbonyl (C=O) groups is 1. The second-order valence-electron chi connectivity index (χ2n) is 7.27. The molecular weight excluding hydrogens is 418 g/mol. The Kier molecular flexibility index (Phi) is 6.16. The van der Waals surface area contributed by atoms with Gasteiger partial charge >= 0.3 is 0 Å². The molecule has 0 unspecified atom stereocenters. The molecule has 11 heteroatoms. The first-order valence-corrected chi connectivity index (χ1v) is 11.6. The highest BCUT2D eigenvalue weighted by Gasteiger charge is 2.22. The number of benzene rings is 1. The molecule has 31 heavy (non-hydrogen) atoms. The van der Waals surface area contributed by atoms with E-state index in [-0.39, 0.29) is 17.3 Å². The van der Waals surface area contributed by atoms with Gasteiger partial charge in [-0.15, -0.1) is 0 Å². The topological polar surface area (TPSA) is 123 Å². The number of carbonyl (C=O) groups excluding carboxylic acids is 1. The van der Waals surface area contributed by atoms with Gasteiger partial charge in [-0.05, 0) is 30.3 Å². The summed E-state index contributed by atoms with van der Waals surface area (Å²) in [5.74, 6) is 0.772. The zero-order valence-electron chi connectivity index (χ0n) is 17.2. The van der Waals surface area contributed by atoms with Crippen molar-refractivity contribution >= 4 is 38.5 Å². The Balaban J connectivity index is 1.30. The molecule has 0 spiro atoms. The number of anilines is 2. The van der Waals surface area contributed by atoms with E-state index >= 15 is 0 Å². The van der Waals surface area contributed by atoms with Gasteiger partial charge in [-0.2, -0.15) is 0 Å². The monoisotopic (exact) mass is 443 g/mol. The number of nitrogens with zero attached hydrogens (tertiary/aromatic N) is 4. The Labute approximate surface area is 180 Å². The molecule has 1 fully saturated rings. The first kappa shape index (κ1) is 21.2. The summed E-state index contributed by atoms with van der Waals surface area (Å²) < 4.78 is 26.4. The molecule has 3 aromatic rings. The third-order valence-corrected chi connectivity index (χ3v) is 6.72. The fourth-order valence-corrected chi connectivity index (χ4v) is 4.66. The first-order chi connectivity index (χ1) is 15.0. The summed E-state index contributed by atoms with van der Waals surface area (Å²) in [6.07, 6.45) is 3.41. The lowest BCUT2D eigenvalue weighted by molar-refractivity contribution is -0.117. The van der Waals surface area contributed by atoms with E-state index in [0.717, 1.165) is 43.0 Å². The molecule has 1 saturated heterocycles. The summed E-state index contributed by atoms with van der Waals surface area (Å²) in [5.41, 5.74) is 1.38. The van der Waals surface area contributed by atoms with Gasteiger partial charge in [-0.1, -0.05) is 6.92 Å². The van der Waals surface area contributed by atoms with Gasteiger partial charge in [0.15, 0.2) is 0 Å². The summed E-state index contributed by atoms with van der Waals surface area (Å²) >= 11 is 0. The van der Waals surface area contributed by atoms with Crippen molar-refractivity contribution in [3.63, 3.8) is 0 Å². The molecule has 1 aliphatic rings. The van der Waals surface area contributed by atoms with Crippen LogP contribution in [0.15, 0.2) is 47.8 Å². The first-order valence-electron chi connectivity index (χ1n) is 10.1. The Morgan fingerprint density at radius 2 is 1.84 bits per heavy atom. The minimum Gasteiger partial charge on any atom is -0.353 e. The molecule has 164 valence electrons. The maximum Gasteiger partial charge on any atom is 0.240 e. The van der Waals surface area contributed by atoms with Crippen LogP contribution >= 0.6 is 0 Å². The summed E-state index contributed by atoms with van der Waals surface area (Å²) in [6.45, 7) is 5.33. The minimum absolute atomic E-state index is 0.134. The number of aromatic amines is 1. The van der Waals surface area contributed by atoms with Crippen molar-refractivity contribution < 1.29 is 13.2 Å². The number of hydrogen-bond acceptors (Lipinski definition) is 7. The third kappa shape index (κ3) is 4.84. The van der Waals surface area contributed by atoms with Gasteiger partial charge in [0, 0.05) is 44.6 Å². The third-order valence-electron chi connectivity index (χ3n) is 5.15. The van der Waals surface area contributed by atoms with E-state index in [9.17, 15) is 13.2 Å². The summed E-state index contributed by atoms with van der Waals surface area (Å²) in [6, 6.07) is 8.12. The largest absolute Gasteiger partial charge is 0.353 e. The standard InChI is InChI=1S/C20H25N7O3S/c1-2-24-31(29,30)16-5-3-15(4-6-16)25-18(28)13-26-9-11-27(12-10-26)20-17-7-8-21-19(17)22-14-23-20/h3-8,14,24H,2,9-13H2,1H3,(H,25,28)(H,21,22,23). The van der Waals surface area contributed by atoms with Crippen LogP contribution in [0.25, 0.3) is 11.0 Å². The second kappa shape index (κ2) is 9.00. The number of amides is 1. The highest BCUT2D eigenvalue weighted by Crippen LogP contribution is 2.23. The van der Waals surface area contributed by atoms with E-state index in [1.807, 2.05) is 12.3 Å². The van der Waals surface area contributed by atoms with Crippen LogP contribution in [-0.2, 0) is 14.8 Å². The number of hydrogen-bond donors (Lipinski definition) is 3. The number of H-pyrrole nitrogens is 1. The van der Waals surface area contributed by atoms with E-state index in [4.69, 9.17) is 0 Å². The predicted octanol–water partition coefficient (Wildman–Crippen LogP) is 1.02. The molecule has 10 nitrogen and oxygen atoms in total. The van der Waals surface area contributed by atoms with Crippen LogP contribution < -0.4 is 14.9 Å². The molecular formula is C20H25N7O3S. The van der Waals surface area contributed by atoms with Crippen LogP contribution in [0.4, 0.5) is 11.5 Å². The van der Waals surface area contributed by atoms with Crippen molar-refractivity contribution in [2.75, 3.05) is 49.5 Å². The van der Waals surface area contributed by atoms with Crippen LogP contribution in [0, 0.1) is 0 Å². The molecule has 4 rings (SSSR count). The summed E-state index contributed by atoms with van der Waals surface area (Å²) in [5, 5.41) is 3.82. The smallest absolute Gasteiger partial charge is 0.240 e. The molecule has 1 amide bonds. The van der Waals surface area contributed by atoms with Crippen molar-refractivity contribution in [2.45, 2.75) is 11.8 Å². The van der Waals surface area contributed by atoms with E-state index < -0.39 is 10.0 Å². The van der Waals surface area contributed by atoms with Crippen molar-refractivity contribution in [3.05, 3.63) is 42.9 Å². The zero-order valence-corrected chi connectivity index (χ0v) is 18.0. The normalized spacial score (nSPS) is 15.3. The number of rotatable bonds is 7. The second-order valence-corrected chi connectivity index (χ2v) is 9.04. The molecule has 1 aliphatic heterocycles. The number of fused-ring (bicyclic) bond motifs is 1. The van der Waals surface area contributed by atoms with Gasteiger partial charge in [-0.3, -0.25) is 9.69 Å². The highest BCUT2D eigenvalue weighted by atomic mass is 32.2. The molecule has 0 aliphatic carbocycles. The molecule has 2 aromatic heterocycles. The van der Waals surface area contributed by atoms with Crippen LogP contribution in [0.3, 0.4) is 0 Å². The van der Waals surface area contributed by atoms with Crippen molar-refractivity contribution in [1.82, 2.24) is 24.6 Å². The fraction of sp³-hybridized carbons (Fsp3) is 0.350. The van der Waals surface area contributed by atoms with Crippen LogP contribution in [0.1, 0.15) is 6.92 Å². The van der Waals surface area contributed by atoms with E-state index in [1.165, 1.54) is 12.1 Å². The SMILES string of the molecule is CCNS(=O)(=O)c1ccc(NC(=O)CN2CCN(c3ncnc4[nH]ccc34)CC2)cc1. The Bertz CT molecular complexity index is 1150. The average Bonchev–Trinajstić information content (AvgIpc) is 3.24. The number of nitrogens with one attached hydrogen (secondary N) is 3. The molecule has 1 aromatic carbocycles. The van der Waals surface area contributed by atoms with Gasteiger partial charge in [0.2, 0.25) is 15.9 Å². The number of sulfonamides is 1.